The molecule has 2 nitrogen and oxygen atoms in total. The van der Waals surface area contributed by atoms with E-state index in [1.807, 2.05) is 24.3 Å². The highest BCUT2D eigenvalue weighted by Crippen LogP contribution is 2.36. The molecule has 0 spiro atoms. The molecule has 0 saturated carbocycles. The summed E-state index contributed by atoms with van der Waals surface area (Å²) in [6, 6.07) is 20.9. The maximum Gasteiger partial charge on any atom is 0.139 e. The number of piperidine rings is 1. The Morgan fingerprint density at radius 1 is 0.955 bits per heavy atom. The number of hydrogen-bond acceptors (Lipinski definition) is 2. The minimum Gasteiger partial charge on any atom is -0.302 e. The maximum atomic E-state index is 12.7. The van der Waals surface area contributed by atoms with E-state index in [0.29, 0.717) is 12.2 Å². The third-order valence-corrected chi connectivity index (χ3v) is 4.56. The number of nitrogens with one attached hydrogen (secondary N) is 1. The Balaban J connectivity index is 1.90. The number of Topliss-reactive ketones (excluding diaryl/α,β-unsaturated/α-hetero) is 1. The van der Waals surface area contributed by atoms with Crippen molar-refractivity contribution >= 4 is 5.78 Å². The molecule has 1 fully saturated rings. The van der Waals surface area contributed by atoms with Crippen LogP contribution in [0.25, 0.3) is 0 Å². The standard InChI is InChI=1S/C20H23NO/c1-2-9-17-19(22)14-18(15-10-5-3-6-11-15)21-20(17)16-12-7-4-8-13-16/h3-8,10-13,17-18,20-21H,2,9,14H2,1H3/t17-,18-,20+/m0/s1. The van der Waals surface area contributed by atoms with Crippen LogP contribution in [0, 0.1) is 5.92 Å². The molecule has 0 radical (unpaired) electrons. The van der Waals surface area contributed by atoms with E-state index < -0.39 is 0 Å². The molecule has 0 unspecified atom stereocenters. The van der Waals surface area contributed by atoms with Gasteiger partial charge < -0.3 is 5.32 Å². The molecule has 2 aromatic carbocycles. The average molecular weight is 293 g/mol. The SMILES string of the molecule is CCC[C@H]1C(=O)C[C@@H](c2ccccc2)N[C@@H]1c1ccccc1. The highest BCUT2D eigenvalue weighted by molar-refractivity contribution is 5.83. The van der Waals surface area contributed by atoms with E-state index in [9.17, 15) is 4.79 Å². The molecular formula is C20H23NO. The van der Waals surface area contributed by atoms with Gasteiger partial charge in [0.05, 0.1) is 0 Å². The first kappa shape index (κ1) is 15.0. The Morgan fingerprint density at radius 3 is 2.14 bits per heavy atom. The fourth-order valence-electron chi connectivity index (χ4n) is 3.46. The lowest BCUT2D eigenvalue weighted by molar-refractivity contribution is -0.127. The van der Waals surface area contributed by atoms with Crippen molar-refractivity contribution in [2.75, 3.05) is 0 Å². The van der Waals surface area contributed by atoms with Crippen molar-refractivity contribution in [2.45, 2.75) is 38.3 Å². The van der Waals surface area contributed by atoms with Gasteiger partial charge in [-0.05, 0) is 17.5 Å². The Morgan fingerprint density at radius 2 is 1.55 bits per heavy atom. The molecule has 2 heteroatoms. The second-order valence-corrected chi connectivity index (χ2v) is 6.08. The first-order valence-electron chi connectivity index (χ1n) is 8.18. The number of benzene rings is 2. The fourth-order valence-corrected chi connectivity index (χ4v) is 3.46. The second-order valence-electron chi connectivity index (χ2n) is 6.08. The van der Waals surface area contributed by atoms with Crippen LogP contribution in [0.5, 0.6) is 0 Å². The number of rotatable bonds is 4. The van der Waals surface area contributed by atoms with Crippen LogP contribution in [0.4, 0.5) is 0 Å². The first-order valence-corrected chi connectivity index (χ1v) is 8.18. The van der Waals surface area contributed by atoms with E-state index in [1.165, 1.54) is 11.1 Å². The van der Waals surface area contributed by atoms with Crippen LogP contribution in [-0.4, -0.2) is 5.78 Å². The van der Waals surface area contributed by atoms with Crippen molar-refractivity contribution in [1.29, 1.82) is 0 Å². The summed E-state index contributed by atoms with van der Waals surface area (Å²) in [4.78, 5) is 12.7. The predicted octanol–water partition coefficient (Wildman–Crippen LogP) is 4.45. The van der Waals surface area contributed by atoms with Gasteiger partial charge in [-0.1, -0.05) is 74.0 Å². The van der Waals surface area contributed by atoms with Gasteiger partial charge in [0.2, 0.25) is 0 Å². The second kappa shape index (κ2) is 6.89. The van der Waals surface area contributed by atoms with Crippen molar-refractivity contribution in [1.82, 2.24) is 5.32 Å². The van der Waals surface area contributed by atoms with Gasteiger partial charge >= 0.3 is 0 Å². The molecule has 3 rings (SSSR count). The summed E-state index contributed by atoms with van der Waals surface area (Å²) in [5, 5.41) is 3.73. The molecule has 1 aliphatic heterocycles. The highest BCUT2D eigenvalue weighted by atomic mass is 16.1. The van der Waals surface area contributed by atoms with Crippen LogP contribution >= 0.6 is 0 Å². The van der Waals surface area contributed by atoms with Gasteiger partial charge in [0.15, 0.2) is 0 Å². The normalized spacial score (nSPS) is 25.1. The summed E-state index contributed by atoms with van der Waals surface area (Å²) in [5.74, 6) is 0.482. The predicted molar refractivity (Wildman–Crippen MR) is 89.5 cm³/mol. The highest BCUT2D eigenvalue weighted by Gasteiger charge is 2.36. The molecule has 22 heavy (non-hydrogen) atoms. The van der Waals surface area contributed by atoms with Crippen molar-refractivity contribution in [3.8, 4) is 0 Å². The molecule has 0 aliphatic carbocycles. The lowest BCUT2D eigenvalue weighted by Gasteiger charge is -2.37. The van der Waals surface area contributed by atoms with Gasteiger partial charge in [0, 0.05) is 24.4 Å². The quantitative estimate of drug-likeness (QED) is 0.902. The molecule has 3 atom stereocenters. The summed E-state index contributed by atoms with van der Waals surface area (Å²) >= 11 is 0. The van der Waals surface area contributed by atoms with E-state index in [2.05, 4.69) is 48.6 Å². The summed E-state index contributed by atoms with van der Waals surface area (Å²) in [7, 11) is 0. The van der Waals surface area contributed by atoms with Crippen molar-refractivity contribution < 1.29 is 4.79 Å². The van der Waals surface area contributed by atoms with Crippen LogP contribution in [0.1, 0.15) is 49.4 Å². The minimum absolute atomic E-state index is 0.0902. The Hall–Kier alpha value is -1.93. The van der Waals surface area contributed by atoms with E-state index >= 15 is 0 Å². The zero-order valence-electron chi connectivity index (χ0n) is 13.0. The minimum atomic E-state index is 0.0902. The number of carbonyl (C=O) groups excluding carboxylic acids is 1. The maximum absolute atomic E-state index is 12.7. The van der Waals surface area contributed by atoms with Gasteiger partial charge in [-0.15, -0.1) is 0 Å². The molecule has 0 bridgehead atoms. The fraction of sp³-hybridized carbons (Fsp3) is 0.350. The van der Waals surface area contributed by atoms with E-state index in [0.717, 1.165) is 12.8 Å². The molecule has 114 valence electrons. The van der Waals surface area contributed by atoms with Gasteiger partial charge in [-0.25, -0.2) is 0 Å². The van der Waals surface area contributed by atoms with E-state index in [1.54, 1.807) is 0 Å². The van der Waals surface area contributed by atoms with E-state index in [4.69, 9.17) is 0 Å². The largest absolute Gasteiger partial charge is 0.302 e. The van der Waals surface area contributed by atoms with Gasteiger partial charge in [0.25, 0.3) is 0 Å². The smallest absolute Gasteiger partial charge is 0.139 e. The lowest BCUT2D eigenvalue weighted by atomic mass is 9.79. The molecule has 0 aromatic heterocycles. The summed E-state index contributed by atoms with van der Waals surface area (Å²) in [6.45, 7) is 2.15. The van der Waals surface area contributed by atoms with Crippen LogP contribution in [-0.2, 0) is 4.79 Å². The molecule has 2 aromatic rings. The van der Waals surface area contributed by atoms with Crippen LogP contribution in [0.2, 0.25) is 0 Å². The molecule has 1 aliphatic rings. The summed E-state index contributed by atoms with van der Waals surface area (Å²) < 4.78 is 0. The van der Waals surface area contributed by atoms with Crippen LogP contribution in [0.15, 0.2) is 60.7 Å². The molecule has 1 N–H and O–H groups in total. The van der Waals surface area contributed by atoms with Crippen molar-refractivity contribution in [3.63, 3.8) is 0 Å². The topological polar surface area (TPSA) is 29.1 Å². The Bertz CT molecular complexity index is 608. The van der Waals surface area contributed by atoms with Crippen LogP contribution < -0.4 is 5.32 Å². The third kappa shape index (κ3) is 3.12. The Kier molecular flexibility index (Phi) is 4.69. The number of carbonyl (C=O) groups is 1. The van der Waals surface area contributed by atoms with Crippen LogP contribution in [0.3, 0.4) is 0 Å². The molecule has 1 saturated heterocycles. The molecule has 1 heterocycles. The van der Waals surface area contributed by atoms with E-state index in [-0.39, 0.29) is 18.0 Å². The van der Waals surface area contributed by atoms with Gasteiger partial charge in [-0.2, -0.15) is 0 Å². The number of ketones is 1. The molecule has 0 amide bonds. The van der Waals surface area contributed by atoms with Crippen molar-refractivity contribution in [3.05, 3.63) is 71.8 Å². The lowest BCUT2D eigenvalue weighted by Crippen LogP contribution is -2.42. The zero-order chi connectivity index (χ0) is 15.4. The number of hydrogen-bond donors (Lipinski definition) is 1. The first-order chi connectivity index (χ1) is 10.8. The van der Waals surface area contributed by atoms with Crippen molar-refractivity contribution in [2.24, 2.45) is 5.92 Å². The molecular weight excluding hydrogens is 270 g/mol. The summed E-state index contributed by atoms with van der Waals surface area (Å²) in [6.07, 6.45) is 2.59. The average Bonchev–Trinajstić information content (AvgIpc) is 2.58. The van der Waals surface area contributed by atoms with Gasteiger partial charge in [-0.3, -0.25) is 4.79 Å². The summed E-state index contributed by atoms with van der Waals surface area (Å²) in [5.41, 5.74) is 2.42. The van der Waals surface area contributed by atoms with Gasteiger partial charge in [0.1, 0.15) is 5.78 Å². The Labute approximate surface area is 132 Å². The third-order valence-electron chi connectivity index (χ3n) is 4.56. The monoisotopic (exact) mass is 293 g/mol. The zero-order valence-corrected chi connectivity index (χ0v) is 13.0.